The molecule has 1 aliphatic rings. The van der Waals surface area contributed by atoms with Crippen LogP contribution in [0.4, 0.5) is 4.39 Å². The predicted molar refractivity (Wildman–Crippen MR) is 74.3 cm³/mol. The number of benzene rings is 1. The summed E-state index contributed by atoms with van der Waals surface area (Å²) in [4.78, 5) is 0. The SMILES string of the molecule is Fc1ccccc1Oc1cnn(CC2CCNCC2)c1. The Morgan fingerprint density at radius 2 is 2.10 bits per heavy atom. The van der Waals surface area contributed by atoms with Gasteiger partial charge < -0.3 is 10.1 Å². The van der Waals surface area contributed by atoms with Gasteiger partial charge in [-0.25, -0.2) is 4.39 Å². The Labute approximate surface area is 117 Å². The number of rotatable bonds is 4. The molecule has 3 rings (SSSR count). The summed E-state index contributed by atoms with van der Waals surface area (Å²) in [5.41, 5.74) is 0. The lowest BCUT2D eigenvalue weighted by Gasteiger charge is -2.22. The third kappa shape index (κ3) is 3.17. The Morgan fingerprint density at radius 3 is 2.90 bits per heavy atom. The standard InChI is InChI=1S/C15H18FN3O/c16-14-3-1-2-4-15(14)20-13-9-18-19(11-13)10-12-5-7-17-8-6-12/h1-4,9,11-12,17H,5-8,10H2. The lowest BCUT2D eigenvalue weighted by molar-refractivity contribution is 0.320. The number of para-hydroxylation sites is 1. The molecule has 1 fully saturated rings. The van der Waals surface area contributed by atoms with Crippen LogP contribution in [0.2, 0.25) is 0 Å². The van der Waals surface area contributed by atoms with Crippen LogP contribution in [0.1, 0.15) is 12.8 Å². The minimum Gasteiger partial charge on any atom is -0.451 e. The largest absolute Gasteiger partial charge is 0.451 e. The first-order valence-corrected chi connectivity index (χ1v) is 6.97. The van der Waals surface area contributed by atoms with Crippen molar-refractivity contribution in [3.63, 3.8) is 0 Å². The van der Waals surface area contributed by atoms with Crippen molar-refractivity contribution in [2.45, 2.75) is 19.4 Å². The monoisotopic (exact) mass is 275 g/mol. The van der Waals surface area contributed by atoms with Gasteiger partial charge in [-0.1, -0.05) is 12.1 Å². The van der Waals surface area contributed by atoms with Crippen molar-refractivity contribution in [2.75, 3.05) is 13.1 Å². The molecule has 0 unspecified atom stereocenters. The van der Waals surface area contributed by atoms with E-state index in [1.54, 1.807) is 24.4 Å². The first-order chi connectivity index (χ1) is 9.81. The van der Waals surface area contributed by atoms with Crippen molar-refractivity contribution in [2.24, 2.45) is 5.92 Å². The first kappa shape index (κ1) is 13.1. The highest BCUT2D eigenvalue weighted by atomic mass is 19.1. The lowest BCUT2D eigenvalue weighted by Crippen LogP contribution is -2.29. The summed E-state index contributed by atoms with van der Waals surface area (Å²) < 4.78 is 20.9. The maximum atomic E-state index is 13.5. The van der Waals surface area contributed by atoms with Crippen molar-refractivity contribution in [1.82, 2.24) is 15.1 Å². The molecular weight excluding hydrogens is 257 g/mol. The summed E-state index contributed by atoms with van der Waals surface area (Å²) in [6.45, 7) is 3.04. The highest BCUT2D eigenvalue weighted by molar-refractivity contribution is 5.29. The highest BCUT2D eigenvalue weighted by Crippen LogP contribution is 2.24. The molecule has 1 aliphatic heterocycles. The molecule has 2 aromatic rings. The van der Waals surface area contributed by atoms with E-state index in [2.05, 4.69) is 10.4 Å². The molecule has 0 spiro atoms. The molecule has 0 aliphatic carbocycles. The maximum absolute atomic E-state index is 13.5. The fourth-order valence-corrected chi connectivity index (χ4v) is 2.48. The number of nitrogens with zero attached hydrogens (tertiary/aromatic N) is 2. The topological polar surface area (TPSA) is 39.1 Å². The number of hydrogen-bond donors (Lipinski definition) is 1. The number of halogens is 1. The summed E-state index contributed by atoms with van der Waals surface area (Å²) in [6.07, 6.45) is 5.80. The Balaban J connectivity index is 1.63. The van der Waals surface area contributed by atoms with Gasteiger partial charge in [-0.2, -0.15) is 5.10 Å². The zero-order valence-corrected chi connectivity index (χ0v) is 11.3. The van der Waals surface area contributed by atoms with Crippen LogP contribution in [-0.4, -0.2) is 22.9 Å². The molecular formula is C15H18FN3O. The Kier molecular flexibility index (Phi) is 3.97. The number of aromatic nitrogens is 2. The van der Waals surface area contributed by atoms with E-state index >= 15 is 0 Å². The molecule has 5 heteroatoms. The van der Waals surface area contributed by atoms with Gasteiger partial charge in [0, 0.05) is 6.54 Å². The molecule has 106 valence electrons. The second-order valence-corrected chi connectivity index (χ2v) is 5.12. The smallest absolute Gasteiger partial charge is 0.165 e. The molecule has 0 atom stereocenters. The van der Waals surface area contributed by atoms with Crippen LogP contribution in [0, 0.1) is 11.7 Å². The molecule has 0 radical (unpaired) electrons. The number of nitrogens with one attached hydrogen (secondary N) is 1. The fraction of sp³-hybridized carbons (Fsp3) is 0.400. The normalized spacial score (nSPS) is 16.2. The van der Waals surface area contributed by atoms with Gasteiger partial charge in [0.15, 0.2) is 17.3 Å². The van der Waals surface area contributed by atoms with E-state index in [1.165, 1.54) is 18.9 Å². The Morgan fingerprint density at radius 1 is 1.30 bits per heavy atom. The minimum atomic E-state index is -0.362. The fourth-order valence-electron chi connectivity index (χ4n) is 2.48. The predicted octanol–water partition coefficient (Wildman–Crippen LogP) is 2.81. The molecule has 0 bridgehead atoms. The molecule has 0 amide bonds. The maximum Gasteiger partial charge on any atom is 0.165 e. The molecule has 0 saturated carbocycles. The van der Waals surface area contributed by atoms with Gasteiger partial charge in [0.25, 0.3) is 0 Å². The average molecular weight is 275 g/mol. The van der Waals surface area contributed by atoms with Crippen molar-refractivity contribution < 1.29 is 9.13 Å². The Hall–Kier alpha value is -1.88. The van der Waals surface area contributed by atoms with Crippen molar-refractivity contribution in [3.05, 3.63) is 42.5 Å². The quantitative estimate of drug-likeness (QED) is 0.932. The third-order valence-electron chi connectivity index (χ3n) is 3.58. The Bertz CT molecular complexity index is 564. The van der Waals surface area contributed by atoms with E-state index < -0.39 is 0 Å². The summed E-state index contributed by atoms with van der Waals surface area (Å²) >= 11 is 0. The van der Waals surface area contributed by atoms with Crippen LogP contribution >= 0.6 is 0 Å². The zero-order chi connectivity index (χ0) is 13.8. The highest BCUT2D eigenvalue weighted by Gasteiger charge is 2.14. The van der Waals surface area contributed by atoms with Crippen LogP contribution in [-0.2, 0) is 6.54 Å². The third-order valence-corrected chi connectivity index (χ3v) is 3.58. The molecule has 1 saturated heterocycles. The van der Waals surface area contributed by atoms with Gasteiger partial charge in [0.1, 0.15) is 0 Å². The number of hydrogen-bond acceptors (Lipinski definition) is 3. The van der Waals surface area contributed by atoms with Crippen molar-refractivity contribution >= 4 is 0 Å². The van der Waals surface area contributed by atoms with Gasteiger partial charge in [0.2, 0.25) is 0 Å². The van der Waals surface area contributed by atoms with Crippen LogP contribution in [0.25, 0.3) is 0 Å². The number of piperidine rings is 1. The molecule has 20 heavy (non-hydrogen) atoms. The molecule has 2 heterocycles. The second kappa shape index (κ2) is 6.05. The van der Waals surface area contributed by atoms with E-state index in [0.717, 1.165) is 19.6 Å². The molecule has 1 aromatic carbocycles. The van der Waals surface area contributed by atoms with Gasteiger partial charge in [-0.15, -0.1) is 0 Å². The van der Waals surface area contributed by atoms with Crippen LogP contribution < -0.4 is 10.1 Å². The second-order valence-electron chi connectivity index (χ2n) is 5.12. The van der Waals surface area contributed by atoms with E-state index in [-0.39, 0.29) is 11.6 Å². The number of ether oxygens (including phenoxy) is 1. The van der Waals surface area contributed by atoms with Gasteiger partial charge in [0.05, 0.1) is 12.4 Å². The van der Waals surface area contributed by atoms with Crippen molar-refractivity contribution in [1.29, 1.82) is 0 Å². The molecule has 1 N–H and O–H groups in total. The van der Waals surface area contributed by atoms with E-state index in [0.29, 0.717) is 11.7 Å². The average Bonchev–Trinajstić information content (AvgIpc) is 2.90. The van der Waals surface area contributed by atoms with E-state index in [1.807, 2.05) is 10.9 Å². The van der Waals surface area contributed by atoms with E-state index in [9.17, 15) is 4.39 Å². The van der Waals surface area contributed by atoms with E-state index in [4.69, 9.17) is 4.74 Å². The summed E-state index contributed by atoms with van der Waals surface area (Å²) in [7, 11) is 0. The summed E-state index contributed by atoms with van der Waals surface area (Å²) in [5, 5.41) is 7.63. The molecule has 4 nitrogen and oxygen atoms in total. The van der Waals surface area contributed by atoms with Crippen LogP contribution in [0.3, 0.4) is 0 Å². The van der Waals surface area contributed by atoms with Crippen LogP contribution in [0.5, 0.6) is 11.5 Å². The van der Waals surface area contributed by atoms with Gasteiger partial charge in [-0.05, 0) is 44.0 Å². The first-order valence-electron chi connectivity index (χ1n) is 6.97. The lowest BCUT2D eigenvalue weighted by atomic mass is 9.98. The van der Waals surface area contributed by atoms with Crippen LogP contribution in [0.15, 0.2) is 36.7 Å². The summed E-state index contributed by atoms with van der Waals surface area (Å²) in [5.74, 6) is 1.09. The van der Waals surface area contributed by atoms with Crippen molar-refractivity contribution in [3.8, 4) is 11.5 Å². The zero-order valence-electron chi connectivity index (χ0n) is 11.3. The molecule has 1 aromatic heterocycles. The summed E-state index contributed by atoms with van der Waals surface area (Å²) in [6, 6.07) is 6.38. The van der Waals surface area contributed by atoms with Gasteiger partial charge >= 0.3 is 0 Å². The minimum absolute atomic E-state index is 0.230. The van der Waals surface area contributed by atoms with Gasteiger partial charge in [-0.3, -0.25) is 4.68 Å².